The lowest BCUT2D eigenvalue weighted by atomic mass is 10.1. The number of benzene rings is 1. The molecule has 0 radical (unpaired) electrons. The molecule has 2 rings (SSSR count). The average Bonchev–Trinajstić information content (AvgIpc) is 2.65. The molecule has 0 atom stereocenters. The standard InChI is InChI=1S/C19H17NO5S/c1-13(20-25-14(2)22)19(23)15-3-7-17(8-4-15)26-18-9-5-16(6-10-18)24-12-11-21/h3,5-7,9-10,21H,11-12H2,1-2H3/b20-13+. The second kappa shape index (κ2) is 9.61. The fraction of sp³-hybridized carbons (Fsp3) is 0.211. The van der Waals surface area contributed by atoms with Gasteiger partial charge in [0.05, 0.1) is 17.1 Å². The Bertz CT molecular complexity index is 785. The van der Waals surface area contributed by atoms with Crippen molar-refractivity contribution in [3.05, 3.63) is 54.1 Å². The van der Waals surface area contributed by atoms with Gasteiger partial charge in [-0.25, -0.2) is 4.79 Å². The summed E-state index contributed by atoms with van der Waals surface area (Å²) in [6, 6.07) is 16.5. The highest BCUT2D eigenvalue weighted by atomic mass is 32.2. The maximum Gasteiger partial charge on any atom is 0.331 e. The number of rotatable bonds is 8. The minimum Gasteiger partial charge on any atom is -0.491 e. The van der Waals surface area contributed by atoms with Gasteiger partial charge >= 0.3 is 5.97 Å². The third kappa shape index (κ3) is 5.92. The van der Waals surface area contributed by atoms with E-state index in [4.69, 9.17) is 9.84 Å². The largest absolute Gasteiger partial charge is 0.491 e. The van der Waals surface area contributed by atoms with E-state index in [1.165, 1.54) is 25.6 Å². The second-order valence-corrected chi connectivity index (χ2v) is 6.21. The van der Waals surface area contributed by atoms with Crippen LogP contribution in [0.3, 0.4) is 0 Å². The summed E-state index contributed by atoms with van der Waals surface area (Å²) in [5, 5.41) is 12.2. The third-order valence-corrected chi connectivity index (χ3v) is 3.98. The van der Waals surface area contributed by atoms with Crippen molar-refractivity contribution in [2.24, 2.45) is 5.16 Å². The number of oxime groups is 1. The fourth-order valence-corrected chi connectivity index (χ4v) is 2.59. The molecular formula is C19H17NO5S. The summed E-state index contributed by atoms with van der Waals surface area (Å²) in [5.74, 6) is -0.293. The molecule has 0 amide bonds. The Kier molecular flexibility index (Phi) is 7.21. The molecule has 0 unspecified atom stereocenters. The molecule has 0 aliphatic carbocycles. The molecule has 6 nitrogen and oxygen atoms in total. The molecule has 26 heavy (non-hydrogen) atoms. The van der Waals surface area contributed by atoms with Gasteiger partial charge in [-0.15, -0.1) is 0 Å². The molecule has 7 heteroatoms. The third-order valence-electron chi connectivity index (χ3n) is 3.02. The van der Waals surface area contributed by atoms with Gasteiger partial charge in [0.15, 0.2) is 0 Å². The molecule has 0 saturated carbocycles. The summed E-state index contributed by atoms with van der Waals surface area (Å²) in [5.41, 5.74) is 0.347. The Morgan fingerprint density at radius 2 is 1.85 bits per heavy atom. The Hall–Kier alpha value is -2.82. The highest BCUT2D eigenvalue weighted by Crippen LogP contribution is 2.27. The fourth-order valence-electron chi connectivity index (χ4n) is 1.83. The number of aliphatic hydroxyl groups is 1. The summed E-state index contributed by atoms with van der Waals surface area (Å²) in [6.07, 6.45) is 0. The molecular weight excluding hydrogens is 354 g/mol. The number of ketones is 1. The van der Waals surface area contributed by atoms with Crippen LogP contribution in [-0.2, 0) is 9.63 Å². The Morgan fingerprint density at radius 1 is 1.12 bits per heavy atom. The van der Waals surface area contributed by atoms with Crippen molar-refractivity contribution < 1.29 is 24.3 Å². The number of Topliss-reactive ketones (excluding diaryl/α,β-unsaturated/α-hetero) is 1. The SMILES string of the molecule is CC(=O)O/N=C(\C)C(=O)c1c#cc(Sc2ccc(OCCO)cc2)cc1. The molecule has 0 heterocycles. The van der Waals surface area contributed by atoms with E-state index in [-0.39, 0.29) is 30.3 Å². The van der Waals surface area contributed by atoms with Crippen LogP contribution in [0.25, 0.3) is 0 Å². The van der Waals surface area contributed by atoms with E-state index in [0.29, 0.717) is 5.75 Å². The van der Waals surface area contributed by atoms with Crippen LogP contribution < -0.4 is 4.74 Å². The Morgan fingerprint density at radius 3 is 2.42 bits per heavy atom. The van der Waals surface area contributed by atoms with Gasteiger partial charge in [0.1, 0.15) is 18.1 Å². The molecule has 0 aliphatic heterocycles. The first-order valence-electron chi connectivity index (χ1n) is 7.72. The normalized spacial score (nSPS) is 10.8. The van der Waals surface area contributed by atoms with Gasteiger partial charge in [0.25, 0.3) is 0 Å². The lowest BCUT2D eigenvalue weighted by molar-refractivity contribution is -0.140. The van der Waals surface area contributed by atoms with Crippen LogP contribution >= 0.6 is 11.8 Å². The number of aliphatic hydroxyl groups excluding tert-OH is 1. The molecule has 0 bridgehead atoms. The molecule has 2 aromatic carbocycles. The first-order chi connectivity index (χ1) is 12.5. The van der Waals surface area contributed by atoms with E-state index in [1.807, 2.05) is 24.3 Å². The quantitative estimate of drug-likeness (QED) is 0.332. The molecule has 134 valence electrons. The number of carbonyl (C=O) groups is 2. The summed E-state index contributed by atoms with van der Waals surface area (Å²) in [4.78, 5) is 29.1. The van der Waals surface area contributed by atoms with Crippen molar-refractivity contribution in [3.8, 4) is 5.75 Å². The van der Waals surface area contributed by atoms with Gasteiger partial charge in [-0.2, -0.15) is 0 Å². The second-order valence-electron chi connectivity index (χ2n) is 5.10. The van der Waals surface area contributed by atoms with Crippen LogP contribution in [0.2, 0.25) is 0 Å². The Balaban J connectivity index is 1.99. The van der Waals surface area contributed by atoms with Crippen LogP contribution in [-0.4, -0.2) is 35.8 Å². The van der Waals surface area contributed by atoms with E-state index in [1.54, 1.807) is 12.1 Å². The summed E-state index contributed by atoms with van der Waals surface area (Å²) in [6.45, 7) is 2.89. The van der Waals surface area contributed by atoms with E-state index < -0.39 is 5.97 Å². The van der Waals surface area contributed by atoms with Gasteiger partial charge in [-0.05, 0) is 43.3 Å². The van der Waals surface area contributed by atoms with Gasteiger partial charge in [0, 0.05) is 11.8 Å². The monoisotopic (exact) mass is 371 g/mol. The van der Waals surface area contributed by atoms with Crippen molar-refractivity contribution in [1.82, 2.24) is 0 Å². The summed E-state index contributed by atoms with van der Waals surface area (Å²) < 4.78 is 5.31. The average molecular weight is 371 g/mol. The zero-order chi connectivity index (χ0) is 18.9. The summed E-state index contributed by atoms with van der Waals surface area (Å²) >= 11 is 1.46. The van der Waals surface area contributed by atoms with Crippen LogP contribution in [0.5, 0.6) is 5.75 Å². The number of nitrogens with zero attached hydrogens (tertiary/aromatic N) is 1. The van der Waals surface area contributed by atoms with Crippen LogP contribution in [0.1, 0.15) is 24.2 Å². The molecule has 1 N–H and O–H groups in total. The predicted octanol–water partition coefficient (Wildman–Crippen LogP) is 2.93. The Labute approximate surface area is 155 Å². The first kappa shape index (κ1) is 19.5. The number of hydrogen-bond acceptors (Lipinski definition) is 7. The molecule has 0 aromatic heterocycles. The van der Waals surface area contributed by atoms with E-state index >= 15 is 0 Å². The summed E-state index contributed by atoms with van der Waals surface area (Å²) in [7, 11) is 0. The zero-order valence-electron chi connectivity index (χ0n) is 14.3. The highest BCUT2D eigenvalue weighted by Gasteiger charge is 2.11. The van der Waals surface area contributed by atoms with Gasteiger partial charge in [-0.1, -0.05) is 29.1 Å². The predicted molar refractivity (Wildman–Crippen MR) is 96.5 cm³/mol. The topological polar surface area (TPSA) is 85.2 Å². The zero-order valence-corrected chi connectivity index (χ0v) is 15.1. The van der Waals surface area contributed by atoms with Crippen LogP contribution in [0.15, 0.2) is 51.3 Å². The maximum absolute atomic E-state index is 12.1. The maximum atomic E-state index is 12.1. The van der Waals surface area contributed by atoms with E-state index in [0.717, 1.165) is 9.79 Å². The highest BCUT2D eigenvalue weighted by molar-refractivity contribution is 7.99. The van der Waals surface area contributed by atoms with Gasteiger partial charge in [-0.3, -0.25) is 4.79 Å². The lowest BCUT2D eigenvalue weighted by Gasteiger charge is -2.05. The lowest BCUT2D eigenvalue weighted by Crippen LogP contribution is -2.11. The minimum absolute atomic E-state index is 0.0303. The van der Waals surface area contributed by atoms with Crippen molar-refractivity contribution in [1.29, 1.82) is 0 Å². The van der Waals surface area contributed by atoms with Crippen molar-refractivity contribution in [3.63, 3.8) is 0 Å². The van der Waals surface area contributed by atoms with Gasteiger partial charge < -0.3 is 14.7 Å². The molecule has 0 spiro atoms. The number of ether oxygens (including phenoxy) is 1. The van der Waals surface area contributed by atoms with E-state index in [9.17, 15) is 9.59 Å². The van der Waals surface area contributed by atoms with Gasteiger partial charge in [0.2, 0.25) is 5.78 Å². The van der Waals surface area contributed by atoms with Crippen LogP contribution in [0, 0.1) is 12.1 Å². The first-order valence-corrected chi connectivity index (χ1v) is 8.53. The number of carbonyl (C=O) groups excluding carboxylic acids is 2. The number of hydrogen-bond donors (Lipinski definition) is 1. The van der Waals surface area contributed by atoms with Crippen LogP contribution in [0.4, 0.5) is 0 Å². The molecule has 0 aliphatic rings. The minimum atomic E-state index is -0.591. The van der Waals surface area contributed by atoms with Crippen molar-refractivity contribution in [2.45, 2.75) is 23.6 Å². The smallest absolute Gasteiger partial charge is 0.331 e. The van der Waals surface area contributed by atoms with Crippen molar-refractivity contribution >= 4 is 29.2 Å². The van der Waals surface area contributed by atoms with Crippen molar-refractivity contribution in [2.75, 3.05) is 13.2 Å². The molecule has 2 aromatic rings. The molecule has 0 fully saturated rings. The van der Waals surface area contributed by atoms with E-state index in [2.05, 4.69) is 22.1 Å². The molecule has 0 saturated heterocycles.